The Kier molecular flexibility index (Phi) is 7.70. The second kappa shape index (κ2) is 10.7. The zero-order valence-corrected chi connectivity index (χ0v) is 18.9. The summed E-state index contributed by atoms with van der Waals surface area (Å²) in [5.74, 6) is -0.360. The smallest absolute Gasteiger partial charge is 0.293 e. The van der Waals surface area contributed by atoms with Crippen molar-refractivity contribution in [1.82, 2.24) is 10.9 Å². The molecule has 0 aliphatic carbocycles. The molecule has 2 aromatic carbocycles. The molecule has 0 unspecified atom stereocenters. The number of hydrogen-bond donors (Lipinski definition) is 2. The van der Waals surface area contributed by atoms with Gasteiger partial charge in [0.15, 0.2) is 11.5 Å². The van der Waals surface area contributed by atoms with Gasteiger partial charge < -0.3 is 14.4 Å². The van der Waals surface area contributed by atoms with E-state index in [1.165, 1.54) is 25.3 Å². The summed E-state index contributed by atoms with van der Waals surface area (Å²) in [5, 5.41) is 11.6. The second-order valence-corrected chi connectivity index (χ2v) is 7.95. The van der Waals surface area contributed by atoms with Crippen molar-refractivity contribution in [2.75, 3.05) is 25.1 Å². The molecule has 1 saturated heterocycles. The van der Waals surface area contributed by atoms with Crippen molar-refractivity contribution >= 4 is 23.2 Å². The van der Waals surface area contributed by atoms with Gasteiger partial charge in [0.05, 0.1) is 18.1 Å². The molecule has 0 radical (unpaired) electrons. The van der Waals surface area contributed by atoms with Crippen LogP contribution in [-0.4, -0.2) is 43.0 Å². The van der Waals surface area contributed by atoms with Crippen LogP contribution in [0.5, 0.6) is 11.5 Å². The van der Waals surface area contributed by atoms with Gasteiger partial charge in [0.25, 0.3) is 17.5 Å². The van der Waals surface area contributed by atoms with Gasteiger partial charge in [0.1, 0.15) is 5.69 Å². The number of nitrogens with zero attached hydrogens (tertiary/aromatic N) is 2. The fraction of sp³-hybridized carbons (Fsp3) is 0.391. The maximum Gasteiger partial charge on any atom is 0.293 e. The summed E-state index contributed by atoms with van der Waals surface area (Å²) >= 11 is 0. The number of piperidine rings is 1. The molecule has 1 heterocycles. The molecule has 0 atom stereocenters. The molecule has 2 aromatic rings. The molecule has 3 rings (SSSR count). The fourth-order valence-corrected chi connectivity index (χ4v) is 3.63. The molecule has 0 saturated carbocycles. The highest BCUT2D eigenvalue weighted by Crippen LogP contribution is 2.31. The molecule has 10 heteroatoms. The summed E-state index contributed by atoms with van der Waals surface area (Å²) < 4.78 is 10.9. The first-order chi connectivity index (χ1) is 15.8. The van der Waals surface area contributed by atoms with Gasteiger partial charge in [-0.15, -0.1) is 0 Å². The number of rotatable bonds is 7. The van der Waals surface area contributed by atoms with Crippen molar-refractivity contribution in [2.45, 2.75) is 39.2 Å². The number of carbonyl (C=O) groups excluding carboxylic acids is 2. The minimum atomic E-state index is -0.664. The molecule has 1 aliphatic rings. The van der Waals surface area contributed by atoms with Crippen molar-refractivity contribution < 1.29 is 24.0 Å². The number of hydrazine groups is 1. The fourth-order valence-electron chi connectivity index (χ4n) is 3.63. The van der Waals surface area contributed by atoms with Crippen molar-refractivity contribution in [3.05, 3.63) is 57.6 Å². The van der Waals surface area contributed by atoms with Gasteiger partial charge >= 0.3 is 0 Å². The Bertz CT molecular complexity index is 1030. The number of methoxy groups -OCH3 is 1. The first kappa shape index (κ1) is 23.8. The quantitative estimate of drug-likeness (QED) is 0.483. The minimum Gasteiger partial charge on any atom is -0.493 e. The van der Waals surface area contributed by atoms with Gasteiger partial charge in [-0.25, -0.2) is 0 Å². The third kappa shape index (κ3) is 5.91. The number of nitrogens with one attached hydrogen (secondary N) is 2. The molecule has 33 heavy (non-hydrogen) atoms. The summed E-state index contributed by atoms with van der Waals surface area (Å²) in [7, 11) is 1.46. The molecule has 2 N–H and O–H groups in total. The number of nitro groups is 1. The number of carbonyl (C=O) groups is 2. The van der Waals surface area contributed by atoms with E-state index in [2.05, 4.69) is 10.9 Å². The van der Waals surface area contributed by atoms with Crippen LogP contribution in [0.2, 0.25) is 0 Å². The Hall–Kier alpha value is -3.82. The zero-order valence-electron chi connectivity index (χ0n) is 18.9. The van der Waals surface area contributed by atoms with Gasteiger partial charge in [0.2, 0.25) is 0 Å². The van der Waals surface area contributed by atoms with E-state index in [1.807, 2.05) is 18.7 Å². The van der Waals surface area contributed by atoms with E-state index >= 15 is 0 Å². The van der Waals surface area contributed by atoms with Gasteiger partial charge in [-0.05, 0) is 63.4 Å². The molecule has 1 aliphatic heterocycles. The maximum absolute atomic E-state index is 12.5. The number of ether oxygens (including phenoxy) is 2. The van der Waals surface area contributed by atoms with E-state index in [4.69, 9.17) is 9.47 Å². The number of nitro benzene ring substituents is 1. The Balaban J connectivity index is 1.69. The average molecular weight is 456 g/mol. The second-order valence-electron chi connectivity index (χ2n) is 7.95. The Morgan fingerprint density at radius 3 is 2.15 bits per heavy atom. The SMILES string of the molecule is COc1cc(C(=O)NNC(=O)c2ccc(N3CCCCC3)c([N+](=O)[O-])c2)ccc1OC(C)C. The Morgan fingerprint density at radius 2 is 1.58 bits per heavy atom. The number of benzene rings is 2. The van der Waals surface area contributed by atoms with Gasteiger partial charge in [-0.1, -0.05) is 0 Å². The van der Waals surface area contributed by atoms with E-state index < -0.39 is 16.7 Å². The van der Waals surface area contributed by atoms with Crippen LogP contribution in [0.1, 0.15) is 53.8 Å². The normalized spacial score (nSPS) is 13.4. The molecule has 176 valence electrons. The van der Waals surface area contributed by atoms with Crippen LogP contribution in [0.25, 0.3) is 0 Å². The van der Waals surface area contributed by atoms with E-state index in [9.17, 15) is 19.7 Å². The molecule has 1 fully saturated rings. The minimum absolute atomic E-state index is 0.0665. The summed E-state index contributed by atoms with van der Waals surface area (Å²) in [6, 6.07) is 8.97. The van der Waals surface area contributed by atoms with E-state index in [0.717, 1.165) is 32.4 Å². The predicted octanol–water partition coefficient (Wildman–Crippen LogP) is 3.46. The van der Waals surface area contributed by atoms with Gasteiger partial charge in [-0.2, -0.15) is 0 Å². The largest absolute Gasteiger partial charge is 0.493 e. The molecular weight excluding hydrogens is 428 g/mol. The lowest BCUT2D eigenvalue weighted by molar-refractivity contribution is -0.384. The third-order valence-corrected chi connectivity index (χ3v) is 5.21. The first-order valence-corrected chi connectivity index (χ1v) is 10.8. The standard InChI is InChI=1S/C23H28N4O6/c1-15(2)33-20-10-8-17(14-21(20)32-3)23(29)25-24-22(28)16-7-9-18(19(13-16)27(30)31)26-11-5-4-6-12-26/h7-10,13-15H,4-6,11-12H2,1-3H3,(H,24,28)(H,25,29). The highest BCUT2D eigenvalue weighted by atomic mass is 16.6. The van der Waals surface area contributed by atoms with Crippen LogP contribution >= 0.6 is 0 Å². The van der Waals surface area contributed by atoms with Crippen molar-refractivity contribution in [3.8, 4) is 11.5 Å². The number of hydrogen-bond acceptors (Lipinski definition) is 7. The van der Waals surface area contributed by atoms with E-state index in [1.54, 1.807) is 18.2 Å². The summed E-state index contributed by atoms with van der Waals surface area (Å²) in [6.45, 7) is 5.23. The summed E-state index contributed by atoms with van der Waals surface area (Å²) in [6.07, 6.45) is 2.98. The summed E-state index contributed by atoms with van der Waals surface area (Å²) in [4.78, 5) is 38.1. The molecule has 0 spiro atoms. The van der Waals surface area contributed by atoms with E-state index in [0.29, 0.717) is 17.2 Å². The van der Waals surface area contributed by atoms with Crippen LogP contribution in [0.4, 0.5) is 11.4 Å². The van der Waals surface area contributed by atoms with Crippen molar-refractivity contribution in [3.63, 3.8) is 0 Å². The maximum atomic E-state index is 12.5. The lowest BCUT2D eigenvalue weighted by Gasteiger charge is -2.28. The highest BCUT2D eigenvalue weighted by Gasteiger charge is 2.23. The van der Waals surface area contributed by atoms with Crippen LogP contribution in [-0.2, 0) is 0 Å². The highest BCUT2D eigenvalue weighted by molar-refractivity contribution is 6.00. The monoisotopic (exact) mass is 456 g/mol. The van der Waals surface area contributed by atoms with Crippen LogP contribution in [0.3, 0.4) is 0 Å². The lowest BCUT2D eigenvalue weighted by Crippen LogP contribution is -2.41. The van der Waals surface area contributed by atoms with Crippen LogP contribution in [0, 0.1) is 10.1 Å². The average Bonchev–Trinajstić information content (AvgIpc) is 2.82. The zero-order chi connectivity index (χ0) is 24.0. The molecule has 2 amide bonds. The Labute approximate surface area is 192 Å². The van der Waals surface area contributed by atoms with E-state index in [-0.39, 0.29) is 22.9 Å². The number of anilines is 1. The van der Waals surface area contributed by atoms with Crippen LogP contribution in [0.15, 0.2) is 36.4 Å². The van der Waals surface area contributed by atoms with Crippen molar-refractivity contribution in [2.24, 2.45) is 0 Å². The molecule has 0 bridgehead atoms. The number of amides is 2. The molecular formula is C23H28N4O6. The van der Waals surface area contributed by atoms with Crippen molar-refractivity contribution in [1.29, 1.82) is 0 Å². The predicted molar refractivity (Wildman–Crippen MR) is 123 cm³/mol. The van der Waals surface area contributed by atoms with Gasteiger partial charge in [-0.3, -0.25) is 30.6 Å². The van der Waals surface area contributed by atoms with Gasteiger partial charge in [0, 0.05) is 30.3 Å². The molecule has 0 aromatic heterocycles. The first-order valence-electron chi connectivity index (χ1n) is 10.8. The molecule has 10 nitrogen and oxygen atoms in total. The van der Waals surface area contributed by atoms with Crippen LogP contribution < -0.4 is 25.2 Å². The lowest BCUT2D eigenvalue weighted by atomic mass is 10.1. The topological polar surface area (TPSA) is 123 Å². The summed E-state index contributed by atoms with van der Waals surface area (Å²) in [5.41, 5.74) is 5.29. The third-order valence-electron chi connectivity index (χ3n) is 5.21. The Morgan fingerprint density at radius 1 is 0.970 bits per heavy atom.